The van der Waals surface area contributed by atoms with Crippen LogP contribution < -0.4 is 5.32 Å². The maximum atomic E-state index is 10.7. The fraction of sp³-hybridized carbons (Fsp3) is 0.200. The fourth-order valence-corrected chi connectivity index (χ4v) is 1.36. The average molecular weight is 234 g/mol. The SMILES string of the molecule is Cc1cc(CNc2ccncc2[N+](=O)[O-])on1. The second-order valence-electron chi connectivity index (χ2n) is 3.44. The molecule has 0 unspecified atom stereocenters. The normalized spacial score (nSPS) is 10.2. The van der Waals surface area contributed by atoms with Gasteiger partial charge in [0.05, 0.1) is 17.2 Å². The summed E-state index contributed by atoms with van der Waals surface area (Å²) in [5, 5.41) is 17.4. The Morgan fingerprint density at radius 1 is 1.59 bits per heavy atom. The van der Waals surface area contributed by atoms with E-state index in [1.807, 2.05) is 6.92 Å². The van der Waals surface area contributed by atoms with E-state index >= 15 is 0 Å². The third-order valence-corrected chi connectivity index (χ3v) is 2.13. The minimum Gasteiger partial charge on any atom is -0.372 e. The summed E-state index contributed by atoms with van der Waals surface area (Å²) in [6.45, 7) is 2.15. The van der Waals surface area contributed by atoms with E-state index in [0.29, 0.717) is 18.0 Å². The van der Waals surface area contributed by atoms with Crippen LogP contribution in [0.2, 0.25) is 0 Å². The Morgan fingerprint density at radius 3 is 3.06 bits per heavy atom. The Balaban J connectivity index is 2.11. The molecule has 7 heteroatoms. The zero-order valence-corrected chi connectivity index (χ0v) is 9.08. The minimum absolute atomic E-state index is 0.0660. The lowest BCUT2D eigenvalue weighted by atomic mass is 10.3. The summed E-state index contributed by atoms with van der Waals surface area (Å²) in [6.07, 6.45) is 2.69. The molecule has 0 aliphatic rings. The van der Waals surface area contributed by atoms with Crippen molar-refractivity contribution < 1.29 is 9.45 Å². The summed E-state index contributed by atoms with van der Waals surface area (Å²) in [7, 11) is 0. The molecule has 2 rings (SSSR count). The molecule has 0 fully saturated rings. The van der Waals surface area contributed by atoms with Crippen LogP contribution in [-0.2, 0) is 6.54 Å². The Morgan fingerprint density at radius 2 is 2.41 bits per heavy atom. The summed E-state index contributed by atoms with van der Waals surface area (Å²) in [5.41, 5.74) is 1.11. The molecule has 88 valence electrons. The first-order valence-corrected chi connectivity index (χ1v) is 4.91. The highest BCUT2D eigenvalue weighted by Crippen LogP contribution is 2.22. The highest BCUT2D eigenvalue weighted by Gasteiger charge is 2.13. The second kappa shape index (κ2) is 4.60. The van der Waals surface area contributed by atoms with Crippen LogP contribution in [0.25, 0.3) is 0 Å². The molecule has 0 spiro atoms. The molecule has 2 heterocycles. The summed E-state index contributed by atoms with van der Waals surface area (Å²) < 4.78 is 4.99. The van der Waals surface area contributed by atoms with E-state index in [0.717, 1.165) is 5.69 Å². The van der Waals surface area contributed by atoms with E-state index in [9.17, 15) is 10.1 Å². The van der Waals surface area contributed by atoms with Crippen molar-refractivity contribution in [1.82, 2.24) is 10.1 Å². The summed E-state index contributed by atoms with van der Waals surface area (Å²) in [6, 6.07) is 3.31. The van der Waals surface area contributed by atoms with Gasteiger partial charge in [0.15, 0.2) is 5.76 Å². The third-order valence-electron chi connectivity index (χ3n) is 2.13. The zero-order chi connectivity index (χ0) is 12.3. The maximum Gasteiger partial charge on any atom is 0.310 e. The van der Waals surface area contributed by atoms with E-state index in [2.05, 4.69) is 15.5 Å². The van der Waals surface area contributed by atoms with Crippen LogP contribution >= 0.6 is 0 Å². The number of anilines is 1. The Bertz CT molecular complexity index is 538. The number of nitrogens with one attached hydrogen (secondary N) is 1. The number of aryl methyl sites for hydroxylation is 1. The van der Waals surface area contributed by atoms with Gasteiger partial charge in [-0.25, -0.2) is 0 Å². The third kappa shape index (κ3) is 2.57. The van der Waals surface area contributed by atoms with Crippen LogP contribution in [0.4, 0.5) is 11.4 Å². The molecule has 2 aromatic rings. The number of hydrogen-bond donors (Lipinski definition) is 1. The van der Waals surface area contributed by atoms with Gasteiger partial charge >= 0.3 is 5.69 Å². The van der Waals surface area contributed by atoms with Gasteiger partial charge in [-0.15, -0.1) is 0 Å². The first kappa shape index (κ1) is 11.1. The average Bonchev–Trinajstić information content (AvgIpc) is 2.73. The van der Waals surface area contributed by atoms with Gasteiger partial charge in [-0.2, -0.15) is 0 Å². The van der Waals surface area contributed by atoms with Gasteiger partial charge in [0.25, 0.3) is 0 Å². The minimum atomic E-state index is -0.485. The number of pyridine rings is 1. The molecule has 0 aromatic carbocycles. The molecule has 17 heavy (non-hydrogen) atoms. The molecule has 0 aliphatic carbocycles. The smallest absolute Gasteiger partial charge is 0.310 e. The zero-order valence-electron chi connectivity index (χ0n) is 9.08. The van der Waals surface area contributed by atoms with Gasteiger partial charge < -0.3 is 9.84 Å². The van der Waals surface area contributed by atoms with Gasteiger partial charge in [-0.1, -0.05) is 5.16 Å². The van der Waals surface area contributed by atoms with Crippen molar-refractivity contribution >= 4 is 11.4 Å². The first-order valence-electron chi connectivity index (χ1n) is 4.91. The topological polar surface area (TPSA) is 94.1 Å². The van der Waals surface area contributed by atoms with Crippen LogP contribution in [0.3, 0.4) is 0 Å². The Kier molecular flexibility index (Phi) is 2.99. The van der Waals surface area contributed by atoms with Crippen molar-refractivity contribution in [2.75, 3.05) is 5.32 Å². The van der Waals surface area contributed by atoms with E-state index in [1.54, 1.807) is 12.1 Å². The van der Waals surface area contributed by atoms with Crippen molar-refractivity contribution in [2.45, 2.75) is 13.5 Å². The highest BCUT2D eigenvalue weighted by atomic mass is 16.6. The quantitative estimate of drug-likeness (QED) is 0.641. The Labute approximate surface area is 96.6 Å². The lowest BCUT2D eigenvalue weighted by Crippen LogP contribution is -2.02. The van der Waals surface area contributed by atoms with E-state index in [4.69, 9.17) is 4.52 Å². The van der Waals surface area contributed by atoms with Gasteiger partial charge in [0.2, 0.25) is 0 Å². The van der Waals surface area contributed by atoms with Gasteiger partial charge in [0, 0.05) is 12.3 Å². The predicted molar refractivity (Wildman–Crippen MR) is 59.5 cm³/mol. The molecule has 0 amide bonds. The number of nitro groups is 1. The Hall–Kier alpha value is -2.44. The van der Waals surface area contributed by atoms with Crippen LogP contribution in [-0.4, -0.2) is 15.1 Å². The number of nitrogens with zero attached hydrogens (tertiary/aromatic N) is 3. The molecular weight excluding hydrogens is 224 g/mol. The van der Waals surface area contributed by atoms with Crippen molar-refractivity contribution in [2.24, 2.45) is 0 Å². The monoisotopic (exact) mass is 234 g/mol. The van der Waals surface area contributed by atoms with Crippen molar-refractivity contribution in [1.29, 1.82) is 0 Å². The number of aromatic nitrogens is 2. The largest absolute Gasteiger partial charge is 0.372 e. The van der Waals surface area contributed by atoms with Gasteiger partial charge in [-0.3, -0.25) is 15.1 Å². The molecule has 2 aromatic heterocycles. The van der Waals surface area contributed by atoms with E-state index in [1.165, 1.54) is 12.4 Å². The fourth-order valence-electron chi connectivity index (χ4n) is 1.36. The molecule has 0 saturated carbocycles. The molecular formula is C10H10N4O3. The lowest BCUT2D eigenvalue weighted by molar-refractivity contribution is -0.384. The first-order chi connectivity index (χ1) is 8.16. The van der Waals surface area contributed by atoms with Crippen LogP contribution in [0.1, 0.15) is 11.5 Å². The lowest BCUT2D eigenvalue weighted by Gasteiger charge is -2.03. The molecule has 0 radical (unpaired) electrons. The van der Waals surface area contributed by atoms with Crippen LogP contribution in [0, 0.1) is 17.0 Å². The maximum absolute atomic E-state index is 10.7. The molecule has 1 N–H and O–H groups in total. The van der Waals surface area contributed by atoms with Gasteiger partial charge in [-0.05, 0) is 13.0 Å². The van der Waals surface area contributed by atoms with Crippen molar-refractivity contribution in [3.63, 3.8) is 0 Å². The second-order valence-corrected chi connectivity index (χ2v) is 3.44. The molecule has 0 bridgehead atoms. The number of hydrogen-bond acceptors (Lipinski definition) is 6. The van der Waals surface area contributed by atoms with Crippen LogP contribution in [0.5, 0.6) is 0 Å². The molecule has 7 nitrogen and oxygen atoms in total. The summed E-state index contributed by atoms with van der Waals surface area (Å²) >= 11 is 0. The summed E-state index contributed by atoms with van der Waals surface area (Å²) in [5.74, 6) is 0.619. The van der Waals surface area contributed by atoms with E-state index < -0.39 is 4.92 Å². The standard InChI is InChI=1S/C10H10N4O3/c1-7-4-8(17-13-7)5-12-9-2-3-11-6-10(9)14(15)16/h2-4,6H,5H2,1H3,(H,11,12). The van der Waals surface area contributed by atoms with Gasteiger partial charge in [0.1, 0.15) is 11.9 Å². The summed E-state index contributed by atoms with van der Waals surface area (Å²) in [4.78, 5) is 14.0. The van der Waals surface area contributed by atoms with Crippen molar-refractivity contribution in [3.8, 4) is 0 Å². The highest BCUT2D eigenvalue weighted by molar-refractivity contribution is 5.59. The predicted octanol–water partition coefficient (Wildman–Crippen LogP) is 1.90. The number of rotatable bonds is 4. The van der Waals surface area contributed by atoms with Crippen molar-refractivity contribution in [3.05, 3.63) is 46.1 Å². The molecule has 0 atom stereocenters. The van der Waals surface area contributed by atoms with E-state index in [-0.39, 0.29) is 5.69 Å². The molecule has 0 aliphatic heterocycles. The molecule has 0 saturated heterocycles. The van der Waals surface area contributed by atoms with Crippen LogP contribution in [0.15, 0.2) is 29.0 Å².